The molecule has 2 nitrogen and oxygen atoms in total. The molecule has 1 N–H and O–H groups in total. The van der Waals surface area contributed by atoms with Crippen molar-refractivity contribution in [2.75, 3.05) is 5.32 Å². The van der Waals surface area contributed by atoms with Gasteiger partial charge in [0.2, 0.25) is 5.82 Å². The number of rotatable bonds is 2. The lowest BCUT2D eigenvalue weighted by Gasteiger charge is -2.11. The lowest BCUT2D eigenvalue weighted by molar-refractivity contribution is 0.382. The molecule has 20 heavy (non-hydrogen) atoms. The predicted molar refractivity (Wildman–Crippen MR) is 69.2 cm³/mol. The molecule has 0 saturated heterocycles. The van der Waals surface area contributed by atoms with Gasteiger partial charge in [0.1, 0.15) is 11.5 Å². The molecular formula is C11H3Br2F5N2. The molecule has 2 aromatic rings. The number of pyridine rings is 1. The molecule has 0 aliphatic heterocycles. The minimum absolute atomic E-state index is 0.101. The van der Waals surface area contributed by atoms with Crippen molar-refractivity contribution in [3.8, 4) is 0 Å². The van der Waals surface area contributed by atoms with Gasteiger partial charge in [-0.2, -0.15) is 0 Å². The Bertz CT molecular complexity index is 664. The van der Waals surface area contributed by atoms with Gasteiger partial charge in [0.05, 0.1) is 4.47 Å². The van der Waals surface area contributed by atoms with Crippen LogP contribution in [0, 0.1) is 29.1 Å². The normalized spacial score (nSPS) is 10.8. The largest absolute Gasteiger partial charge is 0.334 e. The standard InChI is InChI=1S/C11H3Br2F5N2/c12-3-1-4(13)11(19-2-3)20-10-8(17)6(15)5(14)7(16)9(10)18/h1-2H,(H,19,20). The zero-order chi connectivity index (χ0) is 15.0. The number of aromatic nitrogens is 1. The fourth-order valence-electron chi connectivity index (χ4n) is 1.34. The second-order valence-electron chi connectivity index (χ2n) is 3.55. The smallest absolute Gasteiger partial charge is 0.200 e. The highest BCUT2D eigenvalue weighted by molar-refractivity contribution is 9.11. The summed E-state index contributed by atoms with van der Waals surface area (Å²) in [5.41, 5.74) is -1.17. The van der Waals surface area contributed by atoms with Gasteiger partial charge >= 0.3 is 0 Å². The van der Waals surface area contributed by atoms with Crippen molar-refractivity contribution in [1.82, 2.24) is 4.98 Å². The third-order valence-corrected chi connectivity index (χ3v) is 3.30. The molecule has 0 aliphatic rings. The number of hydrogen-bond acceptors (Lipinski definition) is 2. The molecule has 9 heteroatoms. The monoisotopic (exact) mass is 416 g/mol. The van der Waals surface area contributed by atoms with Crippen LogP contribution in [0.15, 0.2) is 21.2 Å². The van der Waals surface area contributed by atoms with Gasteiger partial charge in [-0.25, -0.2) is 26.9 Å². The fraction of sp³-hybridized carbons (Fsp3) is 0. The minimum Gasteiger partial charge on any atom is -0.334 e. The Morgan fingerprint density at radius 3 is 1.85 bits per heavy atom. The van der Waals surface area contributed by atoms with Gasteiger partial charge in [-0.3, -0.25) is 0 Å². The topological polar surface area (TPSA) is 24.9 Å². The molecule has 0 bridgehead atoms. The maximum Gasteiger partial charge on any atom is 0.200 e. The second-order valence-corrected chi connectivity index (χ2v) is 5.32. The van der Waals surface area contributed by atoms with Crippen LogP contribution in [0.3, 0.4) is 0 Å². The van der Waals surface area contributed by atoms with Crippen LogP contribution >= 0.6 is 31.9 Å². The van der Waals surface area contributed by atoms with Crippen LogP contribution in [0.25, 0.3) is 0 Å². The molecule has 0 atom stereocenters. The van der Waals surface area contributed by atoms with Crippen molar-refractivity contribution in [1.29, 1.82) is 0 Å². The summed E-state index contributed by atoms with van der Waals surface area (Å²) in [6.07, 6.45) is 1.29. The van der Waals surface area contributed by atoms with Crippen LogP contribution in [0.2, 0.25) is 0 Å². The SMILES string of the molecule is Fc1c(F)c(F)c(Nc2ncc(Br)cc2Br)c(F)c1F. The molecule has 1 aromatic heterocycles. The first-order valence-corrected chi connectivity index (χ1v) is 6.51. The molecule has 0 aliphatic carbocycles. The zero-order valence-corrected chi connectivity index (χ0v) is 12.4. The Morgan fingerprint density at radius 2 is 1.35 bits per heavy atom. The Labute approximate surface area is 126 Å². The summed E-state index contributed by atoms with van der Waals surface area (Å²) in [4.78, 5) is 3.76. The van der Waals surface area contributed by atoms with Crippen molar-refractivity contribution < 1.29 is 22.0 Å². The number of nitrogens with zero attached hydrogens (tertiary/aromatic N) is 1. The molecular weight excluding hydrogens is 415 g/mol. The van der Waals surface area contributed by atoms with E-state index in [4.69, 9.17) is 0 Å². The number of benzene rings is 1. The summed E-state index contributed by atoms with van der Waals surface area (Å²) >= 11 is 6.15. The molecule has 1 heterocycles. The molecule has 2 rings (SSSR count). The van der Waals surface area contributed by atoms with E-state index in [2.05, 4.69) is 42.2 Å². The molecule has 0 spiro atoms. The summed E-state index contributed by atoms with van der Waals surface area (Å²) in [5, 5.41) is 2.07. The first-order chi connectivity index (χ1) is 9.32. The number of hydrogen-bond donors (Lipinski definition) is 1. The van der Waals surface area contributed by atoms with E-state index in [0.29, 0.717) is 4.47 Å². The third kappa shape index (κ3) is 2.64. The van der Waals surface area contributed by atoms with Gasteiger partial charge in [0.15, 0.2) is 23.3 Å². The van der Waals surface area contributed by atoms with E-state index >= 15 is 0 Å². The summed E-state index contributed by atoms with van der Waals surface area (Å²) in [6.45, 7) is 0. The number of anilines is 2. The average Bonchev–Trinajstić information content (AvgIpc) is 2.41. The first-order valence-electron chi connectivity index (χ1n) is 4.92. The summed E-state index contributed by atoms with van der Waals surface area (Å²) < 4.78 is 66.7. The van der Waals surface area contributed by atoms with E-state index in [-0.39, 0.29) is 10.3 Å². The molecule has 0 radical (unpaired) electrons. The number of halogens is 7. The summed E-state index contributed by atoms with van der Waals surface area (Å²) in [5.74, 6) is -10.3. The quantitative estimate of drug-likeness (QED) is 0.420. The average molecular weight is 418 g/mol. The molecule has 106 valence electrons. The molecule has 0 unspecified atom stereocenters. The number of nitrogens with one attached hydrogen (secondary N) is 1. The molecule has 0 saturated carbocycles. The van der Waals surface area contributed by atoms with E-state index in [0.717, 1.165) is 0 Å². The van der Waals surface area contributed by atoms with Crippen LogP contribution in [-0.2, 0) is 0 Å². The van der Waals surface area contributed by atoms with Crippen molar-refractivity contribution >= 4 is 43.4 Å². The van der Waals surface area contributed by atoms with Gasteiger partial charge < -0.3 is 5.32 Å². The molecule has 0 fully saturated rings. The zero-order valence-electron chi connectivity index (χ0n) is 9.25. The van der Waals surface area contributed by atoms with Gasteiger partial charge in [-0.05, 0) is 37.9 Å². The fourth-order valence-corrected chi connectivity index (χ4v) is 2.43. The van der Waals surface area contributed by atoms with Crippen LogP contribution in [0.1, 0.15) is 0 Å². The van der Waals surface area contributed by atoms with E-state index in [1.165, 1.54) is 12.3 Å². The predicted octanol–water partition coefficient (Wildman–Crippen LogP) is 5.05. The highest BCUT2D eigenvalue weighted by Crippen LogP contribution is 2.32. The Kier molecular flexibility index (Phi) is 4.28. The molecule has 0 amide bonds. The van der Waals surface area contributed by atoms with E-state index < -0.39 is 34.8 Å². The second kappa shape index (κ2) is 5.65. The van der Waals surface area contributed by atoms with E-state index in [1.807, 2.05) is 0 Å². The molecule has 1 aromatic carbocycles. The maximum absolute atomic E-state index is 13.5. The first kappa shape index (κ1) is 15.2. The van der Waals surface area contributed by atoms with Crippen LogP contribution in [0.4, 0.5) is 33.5 Å². The Balaban J connectivity index is 2.54. The highest BCUT2D eigenvalue weighted by Gasteiger charge is 2.26. The van der Waals surface area contributed by atoms with Crippen molar-refractivity contribution in [3.05, 3.63) is 50.3 Å². The van der Waals surface area contributed by atoms with Gasteiger partial charge in [-0.15, -0.1) is 0 Å². The maximum atomic E-state index is 13.5. The van der Waals surface area contributed by atoms with E-state index in [1.54, 1.807) is 0 Å². The van der Waals surface area contributed by atoms with E-state index in [9.17, 15) is 22.0 Å². The van der Waals surface area contributed by atoms with Gasteiger partial charge in [-0.1, -0.05) is 0 Å². The highest BCUT2D eigenvalue weighted by atomic mass is 79.9. The summed E-state index contributed by atoms with van der Waals surface area (Å²) in [6, 6.07) is 1.49. The Hall–Kier alpha value is -1.22. The third-order valence-electron chi connectivity index (χ3n) is 2.26. The van der Waals surface area contributed by atoms with Gasteiger partial charge in [0.25, 0.3) is 0 Å². The van der Waals surface area contributed by atoms with Crippen molar-refractivity contribution in [2.45, 2.75) is 0 Å². The summed E-state index contributed by atoms with van der Waals surface area (Å²) in [7, 11) is 0. The van der Waals surface area contributed by atoms with Crippen LogP contribution in [0.5, 0.6) is 0 Å². The lowest BCUT2D eigenvalue weighted by atomic mass is 10.2. The van der Waals surface area contributed by atoms with Crippen LogP contribution < -0.4 is 5.32 Å². The lowest BCUT2D eigenvalue weighted by Crippen LogP contribution is -2.07. The Morgan fingerprint density at radius 1 is 0.850 bits per heavy atom. The minimum atomic E-state index is -2.21. The van der Waals surface area contributed by atoms with Crippen molar-refractivity contribution in [2.24, 2.45) is 0 Å². The van der Waals surface area contributed by atoms with Crippen LogP contribution in [-0.4, -0.2) is 4.98 Å². The van der Waals surface area contributed by atoms with Gasteiger partial charge in [0, 0.05) is 10.7 Å². The van der Waals surface area contributed by atoms with Crippen molar-refractivity contribution in [3.63, 3.8) is 0 Å².